The summed E-state index contributed by atoms with van der Waals surface area (Å²) >= 11 is 1.66. The first-order valence-corrected chi connectivity index (χ1v) is 7.17. The number of imidazole rings is 1. The van der Waals surface area contributed by atoms with Crippen LogP contribution in [-0.4, -0.2) is 24.7 Å². The van der Waals surface area contributed by atoms with E-state index in [4.69, 9.17) is 0 Å². The summed E-state index contributed by atoms with van der Waals surface area (Å²) in [6.07, 6.45) is 7.23. The molecule has 0 bridgehead atoms. The first-order valence-electron chi connectivity index (χ1n) is 6.19. The molecule has 0 aliphatic carbocycles. The van der Waals surface area contributed by atoms with Crippen molar-refractivity contribution in [3.05, 3.63) is 60.4 Å². The second-order valence-electron chi connectivity index (χ2n) is 4.22. The summed E-state index contributed by atoms with van der Waals surface area (Å²) in [5, 5.41) is 9.38. The molecule has 0 atom stereocenters. The van der Waals surface area contributed by atoms with Crippen LogP contribution in [0.3, 0.4) is 0 Å². The SMILES string of the molecule is Cc1nccn1-c1ccc(SCc2ccncc2)nn1. The average Bonchev–Trinajstić information content (AvgIpc) is 2.93. The maximum Gasteiger partial charge on any atom is 0.160 e. The average molecular weight is 283 g/mol. The molecule has 3 heterocycles. The van der Waals surface area contributed by atoms with Gasteiger partial charge in [-0.25, -0.2) is 4.98 Å². The van der Waals surface area contributed by atoms with Gasteiger partial charge in [-0.05, 0) is 36.8 Å². The van der Waals surface area contributed by atoms with Gasteiger partial charge in [-0.2, -0.15) is 0 Å². The van der Waals surface area contributed by atoms with Crippen molar-refractivity contribution in [1.29, 1.82) is 0 Å². The van der Waals surface area contributed by atoms with E-state index in [9.17, 15) is 0 Å². The van der Waals surface area contributed by atoms with Gasteiger partial charge in [0.1, 0.15) is 10.9 Å². The van der Waals surface area contributed by atoms with Gasteiger partial charge in [0.05, 0.1) is 0 Å². The fourth-order valence-corrected chi connectivity index (χ4v) is 2.54. The third kappa shape index (κ3) is 2.85. The molecule has 0 aliphatic heterocycles. The van der Waals surface area contributed by atoms with Crippen molar-refractivity contribution in [2.24, 2.45) is 0 Å². The third-order valence-electron chi connectivity index (χ3n) is 2.83. The van der Waals surface area contributed by atoms with E-state index in [1.165, 1.54) is 5.56 Å². The second-order valence-corrected chi connectivity index (χ2v) is 5.21. The maximum atomic E-state index is 4.24. The van der Waals surface area contributed by atoms with E-state index in [1.54, 1.807) is 30.4 Å². The number of pyridine rings is 1. The van der Waals surface area contributed by atoms with Gasteiger partial charge >= 0.3 is 0 Å². The maximum absolute atomic E-state index is 4.24. The number of thioether (sulfide) groups is 1. The van der Waals surface area contributed by atoms with Gasteiger partial charge in [0, 0.05) is 30.5 Å². The Morgan fingerprint density at radius 2 is 1.90 bits per heavy atom. The summed E-state index contributed by atoms with van der Waals surface area (Å²) in [6, 6.07) is 7.94. The lowest BCUT2D eigenvalue weighted by Gasteiger charge is -2.04. The monoisotopic (exact) mass is 283 g/mol. The Hall–Kier alpha value is -2.21. The molecule has 0 saturated heterocycles. The van der Waals surface area contributed by atoms with Gasteiger partial charge in [-0.15, -0.1) is 10.2 Å². The van der Waals surface area contributed by atoms with Crippen molar-refractivity contribution in [2.45, 2.75) is 17.7 Å². The zero-order chi connectivity index (χ0) is 13.8. The molecule has 3 aromatic rings. The molecule has 0 aromatic carbocycles. The molecule has 5 nitrogen and oxygen atoms in total. The van der Waals surface area contributed by atoms with Gasteiger partial charge in [0.25, 0.3) is 0 Å². The van der Waals surface area contributed by atoms with Crippen molar-refractivity contribution in [3.63, 3.8) is 0 Å². The molecule has 3 rings (SSSR count). The van der Waals surface area contributed by atoms with Crippen LogP contribution in [-0.2, 0) is 5.75 Å². The molecule has 0 N–H and O–H groups in total. The van der Waals surface area contributed by atoms with Gasteiger partial charge < -0.3 is 0 Å². The topological polar surface area (TPSA) is 56.5 Å². The van der Waals surface area contributed by atoms with Gasteiger partial charge in [-0.1, -0.05) is 11.8 Å². The van der Waals surface area contributed by atoms with Crippen molar-refractivity contribution in [1.82, 2.24) is 24.7 Å². The lowest BCUT2D eigenvalue weighted by molar-refractivity contribution is 0.841. The molecule has 0 spiro atoms. The minimum absolute atomic E-state index is 0.785. The molecule has 20 heavy (non-hydrogen) atoms. The van der Waals surface area contributed by atoms with Crippen molar-refractivity contribution in [3.8, 4) is 5.82 Å². The fraction of sp³-hybridized carbons (Fsp3) is 0.143. The van der Waals surface area contributed by atoms with Crippen LogP contribution in [0.5, 0.6) is 0 Å². The van der Waals surface area contributed by atoms with Crippen LogP contribution in [0.2, 0.25) is 0 Å². The standard InChI is InChI=1S/C14H13N5S/c1-11-16-8-9-19(11)13-2-3-14(18-17-13)20-10-12-4-6-15-7-5-12/h2-9H,10H2,1H3. The summed E-state index contributed by atoms with van der Waals surface area (Å²) in [6.45, 7) is 1.94. The van der Waals surface area contributed by atoms with E-state index in [1.807, 2.05) is 42.0 Å². The number of hydrogen-bond donors (Lipinski definition) is 0. The van der Waals surface area contributed by atoms with E-state index in [0.717, 1.165) is 22.4 Å². The molecule has 0 radical (unpaired) electrons. The Morgan fingerprint density at radius 1 is 1.05 bits per heavy atom. The molecule has 0 saturated carbocycles. The Balaban J connectivity index is 1.69. The lowest BCUT2D eigenvalue weighted by Crippen LogP contribution is -2.00. The quantitative estimate of drug-likeness (QED) is 0.689. The highest BCUT2D eigenvalue weighted by molar-refractivity contribution is 7.98. The van der Waals surface area contributed by atoms with E-state index in [-0.39, 0.29) is 0 Å². The predicted octanol–water partition coefficient (Wildman–Crippen LogP) is 2.66. The molecule has 0 aliphatic rings. The Morgan fingerprint density at radius 3 is 2.55 bits per heavy atom. The first kappa shape index (κ1) is 12.8. The summed E-state index contributed by atoms with van der Waals surface area (Å²) < 4.78 is 1.91. The molecule has 100 valence electrons. The molecular formula is C14H13N5S. The van der Waals surface area contributed by atoms with Crippen LogP contribution in [0.1, 0.15) is 11.4 Å². The number of aryl methyl sites for hydroxylation is 1. The van der Waals surface area contributed by atoms with Gasteiger partial charge in [-0.3, -0.25) is 9.55 Å². The largest absolute Gasteiger partial charge is 0.287 e. The summed E-state index contributed by atoms with van der Waals surface area (Å²) in [4.78, 5) is 8.18. The Kier molecular flexibility index (Phi) is 3.73. The smallest absolute Gasteiger partial charge is 0.160 e. The van der Waals surface area contributed by atoms with Gasteiger partial charge in [0.2, 0.25) is 0 Å². The van der Waals surface area contributed by atoms with Crippen LogP contribution < -0.4 is 0 Å². The highest BCUT2D eigenvalue weighted by Crippen LogP contribution is 2.20. The minimum Gasteiger partial charge on any atom is -0.287 e. The molecular weight excluding hydrogens is 270 g/mol. The third-order valence-corrected chi connectivity index (χ3v) is 3.83. The van der Waals surface area contributed by atoms with Crippen molar-refractivity contribution >= 4 is 11.8 Å². The number of nitrogens with zero attached hydrogens (tertiary/aromatic N) is 5. The predicted molar refractivity (Wildman–Crippen MR) is 77.7 cm³/mol. The van der Waals surface area contributed by atoms with E-state index < -0.39 is 0 Å². The van der Waals surface area contributed by atoms with Crippen LogP contribution in [0.15, 0.2) is 54.1 Å². The zero-order valence-corrected chi connectivity index (χ0v) is 11.8. The molecule has 0 fully saturated rings. The Labute approximate surface area is 121 Å². The Bertz CT molecular complexity index is 678. The normalized spacial score (nSPS) is 10.7. The van der Waals surface area contributed by atoms with Gasteiger partial charge in [0.15, 0.2) is 5.82 Å². The van der Waals surface area contributed by atoms with Crippen LogP contribution in [0.25, 0.3) is 5.82 Å². The summed E-state index contributed by atoms with van der Waals surface area (Å²) in [7, 11) is 0. The van der Waals surface area contributed by atoms with E-state index in [0.29, 0.717) is 0 Å². The van der Waals surface area contributed by atoms with Crippen LogP contribution >= 0.6 is 11.8 Å². The second kappa shape index (κ2) is 5.83. The van der Waals surface area contributed by atoms with Crippen LogP contribution in [0.4, 0.5) is 0 Å². The zero-order valence-electron chi connectivity index (χ0n) is 11.0. The number of aromatic nitrogens is 5. The van der Waals surface area contributed by atoms with Crippen molar-refractivity contribution in [2.75, 3.05) is 0 Å². The molecule has 0 unspecified atom stereocenters. The molecule has 3 aromatic heterocycles. The summed E-state index contributed by atoms with van der Waals surface area (Å²) in [5.74, 6) is 2.55. The summed E-state index contributed by atoms with van der Waals surface area (Å²) in [5.41, 5.74) is 1.22. The lowest BCUT2D eigenvalue weighted by atomic mass is 10.3. The first-order chi connectivity index (χ1) is 9.83. The highest BCUT2D eigenvalue weighted by Gasteiger charge is 2.03. The minimum atomic E-state index is 0.785. The van der Waals surface area contributed by atoms with E-state index >= 15 is 0 Å². The van der Waals surface area contributed by atoms with Crippen molar-refractivity contribution < 1.29 is 0 Å². The fourth-order valence-electron chi connectivity index (χ4n) is 1.77. The van der Waals surface area contributed by atoms with Crippen LogP contribution in [0, 0.1) is 6.92 Å². The highest BCUT2D eigenvalue weighted by atomic mass is 32.2. The van der Waals surface area contributed by atoms with E-state index in [2.05, 4.69) is 20.2 Å². The number of hydrogen-bond acceptors (Lipinski definition) is 5. The molecule has 6 heteroatoms. The number of rotatable bonds is 4. The molecule has 0 amide bonds.